The Morgan fingerprint density at radius 3 is 2.63 bits per heavy atom. The van der Waals surface area contributed by atoms with Gasteiger partial charge in [-0.15, -0.1) is 0 Å². The van der Waals surface area contributed by atoms with E-state index in [1.54, 1.807) is 30.3 Å². The first kappa shape index (κ1) is 24.1. The number of benzene rings is 3. The Labute approximate surface area is 204 Å². The molecule has 0 spiro atoms. The number of hydrogen-bond donors (Lipinski definition) is 1. The Bertz CT molecular complexity index is 1520. The van der Waals surface area contributed by atoms with Gasteiger partial charge in [0.05, 0.1) is 22.7 Å². The Kier molecular flexibility index (Phi) is 6.70. The van der Waals surface area contributed by atoms with Crippen LogP contribution in [0.3, 0.4) is 0 Å². The first-order chi connectivity index (χ1) is 16.6. The van der Waals surface area contributed by atoms with Gasteiger partial charge in [0.25, 0.3) is 5.56 Å². The molecule has 3 aromatic carbocycles. The van der Waals surface area contributed by atoms with E-state index in [9.17, 15) is 22.8 Å². The van der Waals surface area contributed by atoms with Crippen LogP contribution in [0.25, 0.3) is 22.3 Å². The zero-order valence-electron chi connectivity index (χ0n) is 17.7. The molecule has 0 aliphatic heterocycles. The molecule has 0 unspecified atom stereocenters. The lowest BCUT2D eigenvalue weighted by Crippen LogP contribution is -2.20. The lowest BCUT2D eigenvalue weighted by molar-refractivity contribution is -0.139. The van der Waals surface area contributed by atoms with Crippen molar-refractivity contribution < 1.29 is 27.8 Å². The van der Waals surface area contributed by atoms with Gasteiger partial charge < -0.3 is 9.84 Å². The van der Waals surface area contributed by atoms with Crippen LogP contribution in [0.2, 0.25) is 0 Å². The smallest absolute Gasteiger partial charge is 0.416 e. The topological polar surface area (TPSA) is 93.8 Å². The van der Waals surface area contributed by atoms with Crippen molar-refractivity contribution in [1.29, 1.82) is 0 Å². The van der Waals surface area contributed by atoms with Crippen LogP contribution in [0.1, 0.15) is 11.1 Å². The van der Waals surface area contributed by atoms with Crippen LogP contribution in [0.5, 0.6) is 5.75 Å². The molecule has 0 fully saturated rings. The number of aromatic nitrogens is 2. The largest absolute Gasteiger partial charge is 0.481 e. The van der Waals surface area contributed by atoms with Crippen molar-refractivity contribution in [3.8, 4) is 17.1 Å². The Balaban J connectivity index is 1.90. The number of nitrogens with zero attached hydrogens (tertiary/aromatic N) is 3. The molecular weight excluding hydrogens is 531 g/mol. The minimum atomic E-state index is -4.59. The Morgan fingerprint density at radius 1 is 1.11 bits per heavy atom. The summed E-state index contributed by atoms with van der Waals surface area (Å²) in [5.74, 6) is -1.10. The molecule has 1 heterocycles. The summed E-state index contributed by atoms with van der Waals surface area (Å²) in [6.45, 7) is -0.602. The van der Waals surface area contributed by atoms with Crippen LogP contribution in [-0.4, -0.2) is 33.6 Å². The summed E-state index contributed by atoms with van der Waals surface area (Å²) in [6.07, 6.45) is -3.34. The first-order valence-corrected chi connectivity index (χ1v) is 10.8. The summed E-state index contributed by atoms with van der Waals surface area (Å²) in [4.78, 5) is 28.6. The SMILES string of the molecule is O=C(O)COc1ccc(Br)cc1C=Nn1c(-c2cccc(C(F)(F)F)c2)nc2ccccc2c1=O. The predicted molar refractivity (Wildman–Crippen MR) is 127 cm³/mol. The van der Waals surface area contributed by atoms with Gasteiger partial charge in [0, 0.05) is 15.6 Å². The second kappa shape index (κ2) is 9.71. The molecule has 0 atom stereocenters. The average molecular weight is 546 g/mol. The number of halogens is 4. The molecule has 1 N–H and O–H groups in total. The number of carboxylic acid groups (broad SMARTS) is 1. The Morgan fingerprint density at radius 2 is 1.89 bits per heavy atom. The maximum Gasteiger partial charge on any atom is 0.416 e. The maximum absolute atomic E-state index is 13.3. The number of fused-ring (bicyclic) bond motifs is 1. The van der Waals surface area contributed by atoms with Crippen LogP contribution >= 0.6 is 15.9 Å². The minimum Gasteiger partial charge on any atom is -0.481 e. The van der Waals surface area contributed by atoms with Gasteiger partial charge in [0.2, 0.25) is 0 Å². The number of para-hydroxylation sites is 1. The highest BCUT2D eigenvalue weighted by atomic mass is 79.9. The van der Waals surface area contributed by atoms with E-state index in [0.29, 0.717) is 15.6 Å². The molecule has 4 aromatic rings. The molecule has 35 heavy (non-hydrogen) atoms. The van der Waals surface area contributed by atoms with E-state index in [1.165, 1.54) is 30.5 Å². The summed E-state index contributed by atoms with van der Waals surface area (Å²) in [5.41, 5.74) is -0.831. The van der Waals surface area contributed by atoms with Gasteiger partial charge in [-0.3, -0.25) is 4.79 Å². The highest BCUT2D eigenvalue weighted by Gasteiger charge is 2.31. The standard InChI is InChI=1S/C24H15BrF3N3O4/c25-17-8-9-20(35-13-21(32)33)15(11-17)12-29-31-22(14-4-3-5-16(10-14)24(26,27)28)30-19-7-2-1-6-18(19)23(31)34/h1-12H,13H2,(H,32,33). The third kappa shape index (κ3) is 5.40. The van der Waals surface area contributed by atoms with Crippen LogP contribution in [-0.2, 0) is 11.0 Å². The fraction of sp³-hybridized carbons (Fsp3) is 0.0833. The van der Waals surface area contributed by atoms with Crippen molar-refractivity contribution in [2.45, 2.75) is 6.18 Å². The summed E-state index contributed by atoms with van der Waals surface area (Å²) in [5, 5.41) is 13.3. The molecule has 0 amide bonds. The highest BCUT2D eigenvalue weighted by molar-refractivity contribution is 9.10. The highest BCUT2D eigenvalue weighted by Crippen LogP contribution is 2.32. The molecule has 0 saturated carbocycles. The van der Waals surface area contributed by atoms with Crippen molar-refractivity contribution >= 4 is 39.0 Å². The molecule has 0 radical (unpaired) electrons. The number of carbonyl (C=O) groups is 1. The number of ether oxygens (including phenoxy) is 1. The van der Waals surface area contributed by atoms with Gasteiger partial charge in [0.1, 0.15) is 5.75 Å². The van der Waals surface area contributed by atoms with Crippen LogP contribution in [0, 0.1) is 0 Å². The van der Waals surface area contributed by atoms with E-state index in [1.807, 2.05) is 0 Å². The quantitative estimate of drug-likeness (QED) is 0.336. The van der Waals surface area contributed by atoms with E-state index in [2.05, 4.69) is 26.0 Å². The third-order valence-electron chi connectivity index (χ3n) is 4.84. The van der Waals surface area contributed by atoms with Crippen molar-refractivity contribution in [3.63, 3.8) is 0 Å². The van der Waals surface area contributed by atoms with Gasteiger partial charge in [-0.05, 0) is 42.5 Å². The number of rotatable bonds is 6. The summed E-state index contributed by atoms with van der Waals surface area (Å²) < 4.78 is 46.8. The Hall–Kier alpha value is -3.99. The summed E-state index contributed by atoms with van der Waals surface area (Å²) >= 11 is 3.31. The van der Waals surface area contributed by atoms with Crippen LogP contribution < -0.4 is 10.3 Å². The van der Waals surface area contributed by atoms with Gasteiger partial charge >= 0.3 is 12.1 Å². The predicted octanol–water partition coefficient (Wildman–Crippen LogP) is 5.19. The summed E-state index contributed by atoms with van der Waals surface area (Å²) in [6, 6.07) is 15.6. The lowest BCUT2D eigenvalue weighted by Gasteiger charge is -2.12. The molecule has 1 aromatic heterocycles. The van der Waals surface area contributed by atoms with E-state index in [-0.39, 0.29) is 22.5 Å². The molecular formula is C24H15BrF3N3O4. The van der Waals surface area contributed by atoms with Crippen molar-refractivity contribution in [2.24, 2.45) is 5.10 Å². The molecule has 0 saturated heterocycles. The van der Waals surface area contributed by atoms with E-state index < -0.39 is 29.9 Å². The van der Waals surface area contributed by atoms with Gasteiger partial charge in [-0.2, -0.15) is 22.9 Å². The zero-order valence-corrected chi connectivity index (χ0v) is 19.2. The summed E-state index contributed by atoms with van der Waals surface area (Å²) in [7, 11) is 0. The molecule has 0 aliphatic rings. The fourth-order valence-electron chi connectivity index (χ4n) is 3.26. The van der Waals surface area contributed by atoms with Crippen molar-refractivity contribution in [3.05, 3.63) is 92.7 Å². The van der Waals surface area contributed by atoms with Gasteiger partial charge in [-0.1, -0.05) is 40.2 Å². The number of alkyl halides is 3. The second-order valence-corrected chi connectivity index (χ2v) is 8.17. The van der Waals surface area contributed by atoms with Gasteiger partial charge in [-0.25, -0.2) is 9.78 Å². The molecule has 11 heteroatoms. The normalized spacial score (nSPS) is 11.8. The van der Waals surface area contributed by atoms with E-state index in [0.717, 1.165) is 16.8 Å². The first-order valence-electron chi connectivity index (χ1n) is 10.0. The lowest BCUT2D eigenvalue weighted by atomic mass is 10.1. The maximum atomic E-state index is 13.3. The number of hydrogen-bond acceptors (Lipinski definition) is 5. The molecule has 178 valence electrons. The molecule has 7 nitrogen and oxygen atoms in total. The van der Waals surface area contributed by atoms with E-state index >= 15 is 0 Å². The molecule has 4 rings (SSSR count). The monoisotopic (exact) mass is 545 g/mol. The zero-order chi connectivity index (χ0) is 25.2. The van der Waals surface area contributed by atoms with Crippen molar-refractivity contribution in [1.82, 2.24) is 9.66 Å². The van der Waals surface area contributed by atoms with E-state index in [4.69, 9.17) is 9.84 Å². The third-order valence-corrected chi connectivity index (χ3v) is 5.33. The van der Waals surface area contributed by atoms with Gasteiger partial charge in [0.15, 0.2) is 12.4 Å². The number of aliphatic carboxylic acids is 1. The van der Waals surface area contributed by atoms with Crippen LogP contribution in [0.4, 0.5) is 13.2 Å². The second-order valence-electron chi connectivity index (χ2n) is 7.26. The minimum absolute atomic E-state index is 0.0384. The molecule has 0 bridgehead atoms. The number of carboxylic acids is 1. The van der Waals surface area contributed by atoms with Crippen molar-refractivity contribution in [2.75, 3.05) is 6.61 Å². The molecule has 0 aliphatic carbocycles. The fourth-order valence-corrected chi connectivity index (χ4v) is 3.64. The average Bonchev–Trinajstić information content (AvgIpc) is 2.82. The van der Waals surface area contributed by atoms with Crippen LogP contribution in [0.15, 0.2) is 81.1 Å².